The number of thiophene rings is 1. The van der Waals surface area contributed by atoms with Crippen molar-refractivity contribution in [3.63, 3.8) is 0 Å². The van der Waals surface area contributed by atoms with Crippen molar-refractivity contribution >= 4 is 27.5 Å². The van der Waals surface area contributed by atoms with Crippen molar-refractivity contribution in [3.05, 3.63) is 34.5 Å². The van der Waals surface area contributed by atoms with E-state index in [2.05, 4.69) is 16.9 Å². The van der Waals surface area contributed by atoms with Gasteiger partial charge < -0.3 is 11.1 Å². The highest BCUT2D eigenvalue weighted by molar-refractivity contribution is 7.16. The predicted octanol–water partition coefficient (Wildman–Crippen LogP) is 1.01. The van der Waals surface area contributed by atoms with E-state index in [1.807, 2.05) is 5.38 Å². The van der Waals surface area contributed by atoms with Crippen LogP contribution in [0, 0.1) is 0 Å². The summed E-state index contributed by atoms with van der Waals surface area (Å²) in [5.41, 5.74) is 5.39. The van der Waals surface area contributed by atoms with Gasteiger partial charge in [0, 0.05) is 19.6 Å². The summed E-state index contributed by atoms with van der Waals surface area (Å²) in [6, 6.07) is 1.79. The zero-order valence-electron chi connectivity index (χ0n) is 9.35. The molecule has 0 amide bonds. The van der Waals surface area contributed by atoms with E-state index >= 15 is 0 Å². The van der Waals surface area contributed by atoms with Crippen LogP contribution in [0.5, 0.6) is 0 Å². The lowest BCUT2D eigenvalue weighted by Crippen LogP contribution is -2.26. The maximum Gasteiger partial charge on any atom is 0.263 e. The van der Waals surface area contributed by atoms with Crippen molar-refractivity contribution in [3.8, 4) is 0 Å². The summed E-state index contributed by atoms with van der Waals surface area (Å²) in [6.07, 6.45) is 1.68. The zero-order chi connectivity index (χ0) is 12.3. The lowest BCUT2D eigenvalue weighted by Gasteiger charge is -2.11. The first-order valence-electron chi connectivity index (χ1n) is 5.30. The summed E-state index contributed by atoms with van der Waals surface area (Å²) in [4.78, 5) is 17.3. The first-order valence-corrected chi connectivity index (χ1v) is 6.18. The number of allylic oxidation sites excluding steroid dienone is 1. The molecule has 2 rings (SSSR count). The number of nitrogens with two attached hydrogens (primary N) is 1. The number of rotatable bonds is 5. The van der Waals surface area contributed by atoms with E-state index < -0.39 is 0 Å². The monoisotopic (exact) mass is 250 g/mol. The van der Waals surface area contributed by atoms with Gasteiger partial charge in [0.1, 0.15) is 4.83 Å². The number of hydrogen-bond acceptors (Lipinski definition) is 5. The molecule has 0 aromatic carbocycles. The summed E-state index contributed by atoms with van der Waals surface area (Å²) in [7, 11) is 0. The summed E-state index contributed by atoms with van der Waals surface area (Å²) in [6.45, 7) is 5.16. The van der Waals surface area contributed by atoms with Gasteiger partial charge in [-0.2, -0.15) is 0 Å². The van der Waals surface area contributed by atoms with E-state index in [1.165, 1.54) is 11.3 Å². The summed E-state index contributed by atoms with van der Waals surface area (Å²) < 4.78 is 1.57. The lowest BCUT2D eigenvalue weighted by atomic mass is 10.4. The predicted molar refractivity (Wildman–Crippen MR) is 71.6 cm³/mol. The van der Waals surface area contributed by atoms with Crippen LogP contribution in [-0.4, -0.2) is 22.6 Å². The molecule has 3 N–H and O–H groups in total. The average Bonchev–Trinajstić information content (AvgIpc) is 2.79. The highest BCUT2D eigenvalue weighted by Crippen LogP contribution is 2.17. The Morgan fingerprint density at radius 2 is 2.47 bits per heavy atom. The highest BCUT2D eigenvalue weighted by Gasteiger charge is 2.10. The molecule has 0 atom stereocenters. The molecule has 0 bridgehead atoms. The van der Waals surface area contributed by atoms with Crippen LogP contribution in [0.3, 0.4) is 0 Å². The van der Waals surface area contributed by atoms with Crippen LogP contribution in [0.2, 0.25) is 0 Å². The van der Waals surface area contributed by atoms with Crippen molar-refractivity contribution in [1.29, 1.82) is 0 Å². The molecule has 0 radical (unpaired) electrons. The molecule has 0 spiro atoms. The molecular weight excluding hydrogens is 236 g/mol. The van der Waals surface area contributed by atoms with Gasteiger partial charge in [0.2, 0.25) is 5.95 Å². The second-order valence-electron chi connectivity index (χ2n) is 3.49. The lowest BCUT2D eigenvalue weighted by molar-refractivity contribution is 0.770. The molecule has 0 saturated heterocycles. The molecule has 0 fully saturated rings. The molecule has 0 aliphatic rings. The van der Waals surface area contributed by atoms with Gasteiger partial charge in [-0.25, -0.2) is 4.98 Å². The van der Waals surface area contributed by atoms with Crippen LogP contribution in [0.15, 0.2) is 28.9 Å². The van der Waals surface area contributed by atoms with Crippen LogP contribution in [-0.2, 0) is 6.54 Å². The Morgan fingerprint density at radius 1 is 1.65 bits per heavy atom. The van der Waals surface area contributed by atoms with Crippen molar-refractivity contribution in [2.75, 3.05) is 18.4 Å². The summed E-state index contributed by atoms with van der Waals surface area (Å²) in [5, 5.41) is 5.57. The fraction of sp³-hybridized carbons (Fsp3) is 0.273. The minimum Gasteiger partial charge on any atom is -0.354 e. The number of fused-ring (bicyclic) bond motifs is 1. The minimum absolute atomic E-state index is 0.0457. The third-order valence-electron chi connectivity index (χ3n) is 2.32. The van der Waals surface area contributed by atoms with E-state index in [0.717, 1.165) is 4.83 Å². The SMILES string of the molecule is C=CCn1c(NCCN)nc2sccc2c1=O. The second-order valence-corrected chi connectivity index (χ2v) is 4.39. The fourth-order valence-electron chi connectivity index (χ4n) is 1.57. The van der Waals surface area contributed by atoms with Gasteiger partial charge >= 0.3 is 0 Å². The van der Waals surface area contributed by atoms with Gasteiger partial charge in [-0.3, -0.25) is 9.36 Å². The number of aromatic nitrogens is 2. The molecule has 17 heavy (non-hydrogen) atoms. The molecule has 2 aromatic heterocycles. The molecular formula is C11H14N4OS. The van der Waals surface area contributed by atoms with Gasteiger partial charge in [0.25, 0.3) is 5.56 Å². The second kappa shape index (κ2) is 5.11. The number of nitrogens with one attached hydrogen (secondary N) is 1. The standard InChI is InChI=1S/C11H14N4OS/c1-2-6-15-10(16)8-3-7-17-9(8)14-11(15)13-5-4-12/h2-3,7H,1,4-6,12H2,(H,13,14). The van der Waals surface area contributed by atoms with Crippen molar-refractivity contribution in [1.82, 2.24) is 9.55 Å². The molecule has 0 unspecified atom stereocenters. The van der Waals surface area contributed by atoms with Gasteiger partial charge in [0.15, 0.2) is 0 Å². The quantitative estimate of drug-likeness (QED) is 0.777. The Bertz CT molecular complexity index is 587. The Kier molecular flexibility index (Phi) is 3.55. The van der Waals surface area contributed by atoms with Crippen LogP contribution < -0.4 is 16.6 Å². The van der Waals surface area contributed by atoms with Crippen LogP contribution >= 0.6 is 11.3 Å². The molecule has 0 aliphatic carbocycles. The summed E-state index contributed by atoms with van der Waals surface area (Å²) >= 11 is 1.45. The molecule has 2 aromatic rings. The Balaban J connectivity index is 2.57. The van der Waals surface area contributed by atoms with Gasteiger partial charge in [-0.05, 0) is 11.4 Å². The van der Waals surface area contributed by atoms with Crippen LogP contribution in [0.25, 0.3) is 10.2 Å². The highest BCUT2D eigenvalue weighted by atomic mass is 32.1. The van der Waals surface area contributed by atoms with E-state index in [1.54, 1.807) is 16.7 Å². The minimum atomic E-state index is -0.0457. The van der Waals surface area contributed by atoms with Crippen LogP contribution in [0.1, 0.15) is 0 Å². The van der Waals surface area contributed by atoms with Gasteiger partial charge in [-0.15, -0.1) is 17.9 Å². The first kappa shape index (κ1) is 11.8. The maximum atomic E-state index is 12.2. The normalized spacial score (nSPS) is 10.6. The topological polar surface area (TPSA) is 72.9 Å². The van der Waals surface area contributed by atoms with E-state index in [0.29, 0.717) is 31.0 Å². The smallest absolute Gasteiger partial charge is 0.263 e. The number of hydrogen-bond donors (Lipinski definition) is 2. The largest absolute Gasteiger partial charge is 0.354 e. The molecule has 90 valence electrons. The third-order valence-corrected chi connectivity index (χ3v) is 3.13. The molecule has 5 nitrogen and oxygen atoms in total. The first-order chi connectivity index (χ1) is 8.27. The average molecular weight is 250 g/mol. The molecule has 0 saturated carbocycles. The third kappa shape index (κ3) is 2.22. The van der Waals surface area contributed by atoms with Gasteiger partial charge in [0.05, 0.1) is 5.39 Å². The summed E-state index contributed by atoms with van der Waals surface area (Å²) in [5.74, 6) is 0.551. The van der Waals surface area contributed by atoms with Crippen molar-refractivity contribution < 1.29 is 0 Å². The van der Waals surface area contributed by atoms with Crippen molar-refractivity contribution in [2.24, 2.45) is 5.73 Å². The van der Waals surface area contributed by atoms with Crippen molar-refractivity contribution in [2.45, 2.75) is 6.54 Å². The molecule has 0 aliphatic heterocycles. The number of nitrogens with zero attached hydrogens (tertiary/aromatic N) is 2. The maximum absolute atomic E-state index is 12.2. The Labute approximate surface area is 103 Å². The zero-order valence-corrected chi connectivity index (χ0v) is 10.2. The molecule has 2 heterocycles. The Morgan fingerprint density at radius 3 is 3.18 bits per heavy atom. The van der Waals surface area contributed by atoms with Crippen LogP contribution in [0.4, 0.5) is 5.95 Å². The van der Waals surface area contributed by atoms with E-state index in [4.69, 9.17) is 5.73 Å². The van der Waals surface area contributed by atoms with E-state index in [-0.39, 0.29) is 5.56 Å². The fourth-order valence-corrected chi connectivity index (χ4v) is 2.32. The van der Waals surface area contributed by atoms with Gasteiger partial charge in [-0.1, -0.05) is 6.08 Å². The molecule has 6 heteroatoms. The Hall–Kier alpha value is -1.66. The van der Waals surface area contributed by atoms with E-state index in [9.17, 15) is 4.79 Å². The number of anilines is 1.